The number of rotatable bonds is 4. The van der Waals surface area contributed by atoms with Gasteiger partial charge < -0.3 is 5.32 Å². The van der Waals surface area contributed by atoms with Crippen molar-refractivity contribution in [3.63, 3.8) is 0 Å². The zero-order chi connectivity index (χ0) is 14.7. The Hall–Kier alpha value is -0.350. The monoisotopic (exact) mass is 318 g/mol. The van der Waals surface area contributed by atoms with E-state index in [9.17, 15) is 4.39 Å². The summed E-state index contributed by atoms with van der Waals surface area (Å²) in [6, 6.07) is 3.54. The molecule has 1 saturated heterocycles. The normalized spacial score (nSPS) is 21.9. The molecule has 1 aromatic rings. The van der Waals surface area contributed by atoms with Gasteiger partial charge in [-0.3, -0.25) is 4.90 Å². The van der Waals surface area contributed by atoms with Crippen LogP contribution in [0, 0.1) is 5.82 Å². The summed E-state index contributed by atoms with van der Waals surface area (Å²) in [6.45, 7) is 4.05. The third-order valence-corrected chi connectivity index (χ3v) is 4.72. The van der Waals surface area contributed by atoms with Crippen molar-refractivity contribution in [1.29, 1.82) is 0 Å². The smallest absolute Gasteiger partial charge is 0.142 e. The van der Waals surface area contributed by atoms with Crippen LogP contribution in [0.4, 0.5) is 4.39 Å². The molecule has 1 heterocycles. The molecule has 1 aromatic carbocycles. The molecule has 1 fully saturated rings. The van der Waals surface area contributed by atoms with Gasteiger partial charge in [0.1, 0.15) is 5.82 Å². The van der Waals surface area contributed by atoms with E-state index in [0.717, 1.165) is 18.7 Å². The van der Waals surface area contributed by atoms with E-state index in [2.05, 4.69) is 17.1 Å². The number of nitrogens with one attached hydrogen (secondary N) is 1. The second-order valence-electron chi connectivity index (χ2n) is 5.41. The first-order valence-electron chi connectivity index (χ1n) is 7.09. The summed E-state index contributed by atoms with van der Waals surface area (Å²) in [4.78, 5) is 2.41. The summed E-state index contributed by atoms with van der Waals surface area (Å²) in [6.07, 6.45) is 3.59. The van der Waals surface area contributed by atoms with Crippen molar-refractivity contribution in [3.05, 3.63) is 33.6 Å². The van der Waals surface area contributed by atoms with Gasteiger partial charge in [-0.05, 0) is 51.1 Å². The number of hydrogen-bond donors (Lipinski definition) is 1. The Morgan fingerprint density at radius 1 is 1.35 bits per heavy atom. The number of benzene rings is 1. The largest absolute Gasteiger partial charge is 0.318 e. The summed E-state index contributed by atoms with van der Waals surface area (Å²) < 4.78 is 13.7. The van der Waals surface area contributed by atoms with Gasteiger partial charge >= 0.3 is 0 Å². The third kappa shape index (κ3) is 3.45. The van der Waals surface area contributed by atoms with Crippen LogP contribution in [0.5, 0.6) is 0 Å². The molecule has 1 N–H and O–H groups in total. The van der Waals surface area contributed by atoms with Gasteiger partial charge in [-0.25, -0.2) is 4.39 Å². The van der Waals surface area contributed by atoms with Crippen molar-refractivity contribution in [1.82, 2.24) is 10.2 Å². The molecule has 0 aromatic heterocycles. The summed E-state index contributed by atoms with van der Waals surface area (Å²) in [7, 11) is 1.96. The lowest BCUT2D eigenvalue weighted by molar-refractivity contribution is 0.103. The first-order chi connectivity index (χ1) is 9.54. The quantitative estimate of drug-likeness (QED) is 0.834. The minimum absolute atomic E-state index is 0.0800. The van der Waals surface area contributed by atoms with Crippen LogP contribution >= 0.6 is 23.2 Å². The maximum atomic E-state index is 13.7. The fraction of sp³-hybridized carbons (Fsp3) is 0.600. The zero-order valence-electron chi connectivity index (χ0n) is 11.9. The lowest BCUT2D eigenvalue weighted by Gasteiger charge is -2.40. The number of likely N-dealkylation sites (N-methyl/N-ethyl adjacent to an activating group) is 1. The van der Waals surface area contributed by atoms with Gasteiger partial charge in [0, 0.05) is 23.7 Å². The van der Waals surface area contributed by atoms with Crippen LogP contribution in [0.15, 0.2) is 12.1 Å². The van der Waals surface area contributed by atoms with Gasteiger partial charge in [0.05, 0.1) is 5.02 Å². The van der Waals surface area contributed by atoms with E-state index in [1.165, 1.54) is 31.4 Å². The molecule has 2 unspecified atom stereocenters. The molecule has 1 aliphatic rings. The molecule has 0 aliphatic carbocycles. The minimum atomic E-state index is -0.403. The Morgan fingerprint density at radius 2 is 2.10 bits per heavy atom. The highest BCUT2D eigenvalue weighted by Gasteiger charge is 2.28. The van der Waals surface area contributed by atoms with Gasteiger partial charge in [0.25, 0.3) is 0 Å². The van der Waals surface area contributed by atoms with Gasteiger partial charge in [0.2, 0.25) is 0 Å². The highest BCUT2D eigenvalue weighted by Crippen LogP contribution is 2.34. The SMILES string of the molecule is CNCC1CCCCN1C(C)c1cc(F)c(Cl)cc1Cl. The Bertz CT molecular complexity index is 465. The Labute approximate surface area is 130 Å². The van der Waals surface area contributed by atoms with Crippen LogP contribution in [-0.2, 0) is 0 Å². The van der Waals surface area contributed by atoms with Gasteiger partial charge in [0.15, 0.2) is 0 Å². The van der Waals surface area contributed by atoms with Crippen molar-refractivity contribution in [2.24, 2.45) is 0 Å². The predicted octanol–water partition coefficient (Wildman–Crippen LogP) is 4.27. The Morgan fingerprint density at radius 3 is 2.80 bits per heavy atom. The molecule has 0 radical (unpaired) electrons. The van der Waals surface area contributed by atoms with E-state index < -0.39 is 5.82 Å². The minimum Gasteiger partial charge on any atom is -0.318 e. The van der Waals surface area contributed by atoms with Crippen LogP contribution in [0.2, 0.25) is 10.0 Å². The van der Waals surface area contributed by atoms with Crippen LogP contribution in [-0.4, -0.2) is 31.1 Å². The Balaban J connectivity index is 2.24. The summed E-state index contributed by atoms with van der Waals surface area (Å²) >= 11 is 12.0. The van der Waals surface area contributed by atoms with Gasteiger partial charge in [-0.15, -0.1) is 0 Å². The van der Waals surface area contributed by atoms with Crippen LogP contribution in [0.1, 0.15) is 37.8 Å². The first kappa shape index (κ1) is 16.0. The highest BCUT2D eigenvalue weighted by molar-refractivity contribution is 6.35. The Kier molecular flexibility index (Phi) is 5.67. The van der Waals surface area contributed by atoms with E-state index in [1.807, 2.05) is 7.05 Å². The van der Waals surface area contributed by atoms with Gasteiger partial charge in [-0.1, -0.05) is 29.6 Å². The fourth-order valence-corrected chi connectivity index (χ4v) is 3.57. The topological polar surface area (TPSA) is 15.3 Å². The van der Waals surface area contributed by atoms with E-state index in [1.54, 1.807) is 0 Å². The van der Waals surface area contributed by atoms with Crippen molar-refractivity contribution >= 4 is 23.2 Å². The average molecular weight is 319 g/mol. The van der Waals surface area contributed by atoms with Crippen molar-refractivity contribution in [3.8, 4) is 0 Å². The standard InChI is InChI=1S/C15H21Cl2FN2/c1-10(12-7-15(18)14(17)8-13(12)16)20-6-4-3-5-11(20)9-19-2/h7-8,10-11,19H,3-6,9H2,1-2H3. The molecule has 20 heavy (non-hydrogen) atoms. The molecular weight excluding hydrogens is 298 g/mol. The molecule has 2 nitrogen and oxygen atoms in total. The number of nitrogens with zero attached hydrogens (tertiary/aromatic N) is 1. The number of hydrogen-bond acceptors (Lipinski definition) is 2. The van der Waals surface area contributed by atoms with E-state index >= 15 is 0 Å². The van der Waals surface area contributed by atoms with Crippen molar-refractivity contribution in [2.75, 3.05) is 20.1 Å². The number of likely N-dealkylation sites (tertiary alicyclic amines) is 1. The van der Waals surface area contributed by atoms with Crippen molar-refractivity contribution < 1.29 is 4.39 Å². The lowest BCUT2D eigenvalue weighted by atomic mass is 9.97. The van der Waals surface area contributed by atoms with E-state index in [4.69, 9.17) is 23.2 Å². The summed E-state index contributed by atoms with van der Waals surface area (Å²) in [5.74, 6) is -0.403. The molecule has 0 saturated carbocycles. The number of halogens is 3. The second kappa shape index (κ2) is 7.08. The summed E-state index contributed by atoms with van der Waals surface area (Å²) in [5.41, 5.74) is 0.816. The first-order valence-corrected chi connectivity index (χ1v) is 7.85. The molecule has 5 heteroatoms. The second-order valence-corrected chi connectivity index (χ2v) is 6.22. The van der Waals surface area contributed by atoms with Gasteiger partial charge in [-0.2, -0.15) is 0 Å². The average Bonchev–Trinajstić information content (AvgIpc) is 2.43. The maximum absolute atomic E-state index is 13.7. The molecule has 0 bridgehead atoms. The van der Waals surface area contributed by atoms with E-state index in [-0.39, 0.29) is 11.1 Å². The molecule has 112 valence electrons. The van der Waals surface area contributed by atoms with Crippen LogP contribution in [0.25, 0.3) is 0 Å². The predicted molar refractivity (Wildman–Crippen MR) is 83.1 cm³/mol. The number of piperidine rings is 1. The lowest BCUT2D eigenvalue weighted by Crippen LogP contribution is -2.46. The summed E-state index contributed by atoms with van der Waals surface area (Å²) in [5, 5.41) is 3.86. The van der Waals surface area contributed by atoms with Crippen LogP contribution < -0.4 is 5.32 Å². The molecule has 1 aliphatic heterocycles. The fourth-order valence-electron chi connectivity index (χ4n) is 3.02. The zero-order valence-corrected chi connectivity index (χ0v) is 13.4. The third-order valence-electron chi connectivity index (χ3n) is 4.10. The molecule has 2 atom stereocenters. The van der Waals surface area contributed by atoms with Crippen molar-refractivity contribution in [2.45, 2.75) is 38.3 Å². The molecule has 0 amide bonds. The van der Waals surface area contributed by atoms with E-state index in [0.29, 0.717) is 11.1 Å². The highest BCUT2D eigenvalue weighted by atomic mass is 35.5. The van der Waals surface area contributed by atoms with Crippen LogP contribution in [0.3, 0.4) is 0 Å². The molecule has 0 spiro atoms. The molecular formula is C15H21Cl2FN2. The molecule has 2 rings (SSSR count). The maximum Gasteiger partial charge on any atom is 0.142 e.